The molecule has 0 amide bonds. The van der Waals surface area contributed by atoms with Gasteiger partial charge in [0, 0.05) is 66.4 Å². The van der Waals surface area contributed by atoms with E-state index < -0.39 is 0 Å². The van der Waals surface area contributed by atoms with Gasteiger partial charge in [-0.15, -0.1) is 0 Å². The molecule has 0 radical (unpaired) electrons. The number of rotatable bonds is 9. The van der Waals surface area contributed by atoms with Crippen LogP contribution in [0.4, 0.5) is 0 Å². The minimum atomic E-state index is 0.665. The molecule has 0 saturated carbocycles. The third-order valence-corrected chi connectivity index (χ3v) is 5.04. The molecule has 8 heteroatoms. The average Bonchev–Trinajstić information content (AvgIpc) is 2.66. The number of aromatic nitrogens is 3. The van der Waals surface area contributed by atoms with E-state index in [9.17, 15) is 0 Å². The highest BCUT2D eigenvalue weighted by atomic mass is 35.5. The highest BCUT2D eigenvalue weighted by Crippen LogP contribution is 2.15. The Bertz CT molecular complexity index is 890. The molecule has 152 valence electrons. The Balaban J connectivity index is 1.65. The molecule has 0 fully saturated rings. The first kappa shape index (κ1) is 21.9. The zero-order valence-electron chi connectivity index (χ0n) is 16.1. The molecule has 3 aromatic rings. The molecule has 0 N–H and O–H groups in total. The van der Waals surface area contributed by atoms with Gasteiger partial charge in [0.25, 0.3) is 0 Å². The van der Waals surface area contributed by atoms with E-state index >= 15 is 0 Å². The lowest BCUT2D eigenvalue weighted by Crippen LogP contribution is -2.33. The topological polar surface area (TPSA) is 45.2 Å². The van der Waals surface area contributed by atoms with Crippen molar-refractivity contribution in [2.24, 2.45) is 0 Å². The third-order valence-electron chi connectivity index (χ3n) is 4.34. The van der Waals surface area contributed by atoms with Crippen LogP contribution in [0, 0.1) is 0 Å². The van der Waals surface area contributed by atoms with Crippen molar-refractivity contribution in [3.63, 3.8) is 0 Å². The largest absolute Gasteiger partial charge is 0.299 e. The van der Waals surface area contributed by atoms with Gasteiger partial charge in [-0.25, -0.2) is 0 Å². The van der Waals surface area contributed by atoms with E-state index in [4.69, 9.17) is 34.8 Å². The molecule has 5 nitrogen and oxygen atoms in total. The van der Waals surface area contributed by atoms with E-state index in [0.29, 0.717) is 28.2 Å². The monoisotopic (exact) mass is 449 g/mol. The van der Waals surface area contributed by atoms with Crippen LogP contribution in [0.2, 0.25) is 15.1 Å². The lowest BCUT2D eigenvalue weighted by molar-refractivity contribution is 0.204. The molecule has 0 bridgehead atoms. The van der Waals surface area contributed by atoms with Crippen LogP contribution in [0.1, 0.15) is 17.1 Å². The van der Waals surface area contributed by atoms with E-state index in [2.05, 4.69) is 31.8 Å². The smallest absolute Gasteiger partial charge is 0.0558 e. The molecular formula is C21H22Cl3N5. The Morgan fingerprint density at radius 2 is 1.07 bits per heavy atom. The first-order valence-electron chi connectivity index (χ1n) is 9.20. The summed E-state index contributed by atoms with van der Waals surface area (Å²) < 4.78 is 0. The van der Waals surface area contributed by atoms with Crippen molar-refractivity contribution in [1.29, 1.82) is 0 Å². The van der Waals surface area contributed by atoms with E-state index in [1.165, 1.54) is 0 Å². The summed E-state index contributed by atoms with van der Waals surface area (Å²) in [6, 6.07) is 11.0. The minimum absolute atomic E-state index is 0.665. The molecule has 3 rings (SSSR count). The van der Waals surface area contributed by atoms with Crippen LogP contribution in [-0.2, 0) is 19.6 Å². The van der Waals surface area contributed by atoms with Crippen molar-refractivity contribution >= 4 is 34.8 Å². The van der Waals surface area contributed by atoms with Crippen LogP contribution in [0.3, 0.4) is 0 Å². The molecule has 29 heavy (non-hydrogen) atoms. The molecule has 0 aliphatic carbocycles. The number of hydrogen-bond donors (Lipinski definition) is 0. The summed E-state index contributed by atoms with van der Waals surface area (Å²) in [5, 5.41) is 2.06. The second kappa shape index (κ2) is 10.9. The Labute approximate surface area is 186 Å². The van der Waals surface area contributed by atoms with Gasteiger partial charge in [0.2, 0.25) is 0 Å². The lowest BCUT2D eigenvalue weighted by atomic mass is 10.2. The maximum absolute atomic E-state index is 6.13. The summed E-state index contributed by atoms with van der Waals surface area (Å²) in [4.78, 5) is 17.7. The van der Waals surface area contributed by atoms with E-state index in [1.807, 2.05) is 18.2 Å². The number of halogens is 3. The summed E-state index contributed by atoms with van der Waals surface area (Å²) in [6.07, 6.45) is 5.18. The predicted molar refractivity (Wildman–Crippen MR) is 118 cm³/mol. The summed E-state index contributed by atoms with van der Waals surface area (Å²) >= 11 is 18.3. The highest BCUT2D eigenvalue weighted by Gasteiger charge is 2.12. The van der Waals surface area contributed by atoms with Gasteiger partial charge < -0.3 is 0 Å². The van der Waals surface area contributed by atoms with Crippen LogP contribution >= 0.6 is 34.8 Å². The second-order valence-corrected chi connectivity index (χ2v) is 8.15. The number of likely N-dealkylation sites (N-methyl/N-ethyl adjacent to an activating group) is 1. The Morgan fingerprint density at radius 1 is 0.655 bits per heavy atom. The van der Waals surface area contributed by atoms with Crippen LogP contribution < -0.4 is 0 Å². The van der Waals surface area contributed by atoms with Gasteiger partial charge in [-0.1, -0.05) is 34.8 Å². The molecule has 0 aliphatic heterocycles. The van der Waals surface area contributed by atoms with Crippen molar-refractivity contribution in [3.05, 3.63) is 87.1 Å². The van der Waals surface area contributed by atoms with Gasteiger partial charge in [-0.3, -0.25) is 24.8 Å². The van der Waals surface area contributed by atoms with E-state index in [0.717, 1.165) is 36.7 Å². The Morgan fingerprint density at radius 3 is 1.48 bits per heavy atom. The molecule has 0 atom stereocenters. The highest BCUT2D eigenvalue weighted by molar-refractivity contribution is 6.31. The van der Waals surface area contributed by atoms with Gasteiger partial charge in [-0.05, 0) is 43.4 Å². The summed E-state index contributed by atoms with van der Waals surface area (Å²) in [5.41, 5.74) is 2.77. The molecule has 0 aliphatic rings. The molecular weight excluding hydrogens is 429 g/mol. The fourth-order valence-electron chi connectivity index (χ4n) is 2.95. The van der Waals surface area contributed by atoms with Crippen molar-refractivity contribution < 1.29 is 0 Å². The maximum Gasteiger partial charge on any atom is 0.0558 e. The first-order chi connectivity index (χ1) is 14.0. The lowest BCUT2D eigenvalue weighted by Gasteiger charge is -2.25. The third kappa shape index (κ3) is 7.53. The number of pyridine rings is 3. The Hall–Kier alpha value is -1.76. The minimum Gasteiger partial charge on any atom is -0.299 e. The fraction of sp³-hybridized carbons (Fsp3) is 0.286. The van der Waals surface area contributed by atoms with Crippen LogP contribution in [0.25, 0.3) is 0 Å². The summed E-state index contributed by atoms with van der Waals surface area (Å²) in [6.45, 7) is 3.71. The second-order valence-electron chi connectivity index (χ2n) is 6.84. The SMILES string of the molecule is CN(CCN(Cc1cc(Cl)ccn1)Cc1cc(Cl)ccn1)Cc1cc(Cl)ccn1. The molecule has 0 saturated heterocycles. The van der Waals surface area contributed by atoms with Gasteiger partial charge in [0.15, 0.2) is 0 Å². The Kier molecular flexibility index (Phi) is 8.21. The van der Waals surface area contributed by atoms with E-state index in [-0.39, 0.29) is 0 Å². The predicted octanol–water partition coefficient (Wildman–Crippen LogP) is 4.97. The van der Waals surface area contributed by atoms with Gasteiger partial charge in [-0.2, -0.15) is 0 Å². The van der Waals surface area contributed by atoms with Crippen molar-refractivity contribution in [1.82, 2.24) is 24.8 Å². The zero-order valence-corrected chi connectivity index (χ0v) is 18.4. The average molecular weight is 451 g/mol. The number of nitrogens with zero attached hydrogens (tertiary/aromatic N) is 5. The zero-order chi connectivity index (χ0) is 20.6. The molecule has 3 aromatic heterocycles. The molecule has 0 unspecified atom stereocenters. The quantitative estimate of drug-likeness (QED) is 0.461. The molecule has 3 heterocycles. The van der Waals surface area contributed by atoms with Crippen LogP contribution in [0.15, 0.2) is 55.0 Å². The normalized spacial score (nSPS) is 11.4. The first-order valence-corrected chi connectivity index (χ1v) is 10.3. The van der Waals surface area contributed by atoms with E-state index in [1.54, 1.807) is 36.8 Å². The fourth-order valence-corrected chi connectivity index (χ4v) is 3.49. The molecule has 0 spiro atoms. The van der Waals surface area contributed by atoms with Gasteiger partial charge in [0.1, 0.15) is 0 Å². The van der Waals surface area contributed by atoms with Crippen molar-refractivity contribution in [2.75, 3.05) is 20.1 Å². The van der Waals surface area contributed by atoms with Gasteiger partial charge in [0.05, 0.1) is 17.1 Å². The molecule has 0 aromatic carbocycles. The maximum atomic E-state index is 6.13. The standard InChI is InChI=1S/C21H22Cl3N5/c1-28(13-19-10-16(22)2-5-25-19)8-9-29(14-20-11-17(23)3-6-26-20)15-21-12-18(24)4-7-27-21/h2-7,10-12H,8-9,13-15H2,1H3. The van der Waals surface area contributed by atoms with Crippen LogP contribution in [0.5, 0.6) is 0 Å². The van der Waals surface area contributed by atoms with Crippen molar-refractivity contribution in [3.8, 4) is 0 Å². The van der Waals surface area contributed by atoms with Crippen molar-refractivity contribution in [2.45, 2.75) is 19.6 Å². The number of hydrogen-bond acceptors (Lipinski definition) is 5. The van der Waals surface area contributed by atoms with Crippen LogP contribution in [-0.4, -0.2) is 44.9 Å². The van der Waals surface area contributed by atoms with Gasteiger partial charge >= 0.3 is 0 Å². The summed E-state index contributed by atoms with van der Waals surface area (Å²) in [5.74, 6) is 0. The summed E-state index contributed by atoms with van der Waals surface area (Å²) in [7, 11) is 2.07.